The van der Waals surface area contributed by atoms with Crippen LogP contribution in [0.2, 0.25) is 5.15 Å². The zero-order valence-electron chi connectivity index (χ0n) is 10.2. The lowest BCUT2D eigenvalue weighted by atomic mass is 10.1. The SMILES string of the molecule is CCCn1cnc(Cl)c1-c1c[nH]c2ccccc12. The van der Waals surface area contributed by atoms with Gasteiger partial charge in [-0.05, 0) is 12.5 Å². The number of nitrogens with one attached hydrogen (secondary N) is 1. The van der Waals surface area contributed by atoms with Crippen LogP contribution in [0.25, 0.3) is 22.2 Å². The average Bonchev–Trinajstić information content (AvgIpc) is 2.94. The molecule has 0 spiro atoms. The van der Waals surface area contributed by atoms with Gasteiger partial charge in [-0.2, -0.15) is 0 Å². The molecular formula is C14H14ClN3. The standard InChI is InChI=1S/C14H14ClN3/c1-2-7-18-9-17-14(15)13(18)11-8-16-12-6-4-3-5-10(11)12/h3-6,8-9,16H,2,7H2,1H3. The minimum Gasteiger partial charge on any atom is -0.360 e. The molecule has 0 fully saturated rings. The second-order valence-electron chi connectivity index (χ2n) is 4.33. The van der Waals surface area contributed by atoms with E-state index in [2.05, 4.69) is 33.6 Å². The third kappa shape index (κ3) is 1.71. The van der Waals surface area contributed by atoms with Crippen LogP contribution in [0.3, 0.4) is 0 Å². The molecule has 1 N–H and O–H groups in total. The zero-order valence-corrected chi connectivity index (χ0v) is 10.9. The van der Waals surface area contributed by atoms with Gasteiger partial charge in [-0.3, -0.25) is 0 Å². The Morgan fingerprint density at radius 1 is 1.33 bits per heavy atom. The molecule has 0 radical (unpaired) electrons. The summed E-state index contributed by atoms with van der Waals surface area (Å²) in [5.74, 6) is 0. The predicted molar refractivity (Wildman–Crippen MR) is 74.8 cm³/mol. The first-order valence-electron chi connectivity index (χ1n) is 6.08. The molecule has 2 heterocycles. The maximum atomic E-state index is 6.23. The van der Waals surface area contributed by atoms with E-state index >= 15 is 0 Å². The number of benzene rings is 1. The summed E-state index contributed by atoms with van der Waals surface area (Å²) in [5, 5.41) is 1.74. The molecule has 0 saturated carbocycles. The molecule has 3 nitrogen and oxygen atoms in total. The number of fused-ring (bicyclic) bond motifs is 1. The van der Waals surface area contributed by atoms with Gasteiger partial charge in [-0.15, -0.1) is 0 Å². The Labute approximate surface area is 110 Å². The van der Waals surface area contributed by atoms with Crippen molar-refractivity contribution in [2.24, 2.45) is 0 Å². The molecule has 0 atom stereocenters. The molecule has 0 aliphatic rings. The van der Waals surface area contributed by atoms with Crippen molar-refractivity contribution in [3.8, 4) is 11.3 Å². The molecule has 0 unspecified atom stereocenters. The maximum absolute atomic E-state index is 6.23. The second-order valence-corrected chi connectivity index (χ2v) is 4.68. The highest BCUT2D eigenvalue weighted by atomic mass is 35.5. The maximum Gasteiger partial charge on any atom is 0.155 e. The summed E-state index contributed by atoms with van der Waals surface area (Å²) < 4.78 is 2.11. The topological polar surface area (TPSA) is 33.6 Å². The average molecular weight is 260 g/mol. The Balaban J connectivity index is 2.22. The highest BCUT2D eigenvalue weighted by molar-refractivity contribution is 6.32. The van der Waals surface area contributed by atoms with Gasteiger partial charge in [0, 0.05) is 29.2 Å². The highest BCUT2D eigenvalue weighted by Gasteiger charge is 2.14. The van der Waals surface area contributed by atoms with E-state index in [4.69, 9.17) is 11.6 Å². The van der Waals surface area contributed by atoms with Gasteiger partial charge in [-0.1, -0.05) is 36.7 Å². The molecule has 0 aliphatic carbocycles. The fourth-order valence-electron chi connectivity index (χ4n) is 2.30. The van der Waals surface area contributed by atoms with Gasteiger partial charge >= 0.3 is 0 Å². The van der Waals surface area contributed by atoms with E-state index in [1.54, 1.807) is 0 Å². The molecule has 0 saturated heterocycles. The summed E-state index contributed by atoms with van der Waals surface area (Å²) in [6.07, 6.45) is 4.87. The second kappa shape index (κ2) is 4.50. The quantitative estimate of drug-likeness (QED) is 0.755. The summed E-state index contributed by atoms with van der Waals surface area (Å²) in [5.41, 5.74) is 3.23. The van der Waals surface area contributed by atoms with Crippen molar-refractivity contribution in [3.05, 3.63) is 41.9 Å². The van der Waals surface area contributed by atoms with Gasteiger partial charge in [0.15, 0.2) is 5.15 Å². The number of nitrogens with zero attached hydrogens (tertiary/aromatic N) is 2. The largest absolute Gasteiger partial charge is 0.360 e. The predicted octanol–water partition coefficient (Wildman–Crippen LogP) is 4.09. The fraction of sp³-hybridized carbons (Fsp3) is 0.214. The van der Waals surface area contributed by atoms with Crippen molar-refractivity contribution in [1.29, 1.82) is 0 Å². The summed E-state index contributed by atoms with van der Waals surface area (Å²) in [6.45, 7) is 3.07. The van der Waals surface area contributed by atoms with Crippen molar-refractivity contribution in [1.82, 2.24) is 14.5 Å². The molecule has 3 rings (SSSR count). The van der Waals surface area contributed by atoms with Gasteiger partial charge < -0.3 is 9.55 Å². The van der Waals surface area contributed by atoms with Crippen LogP contribution in [-0.4, -0.2) is 14.5 Å². The Kier molecular flexibility index (Phi) is 2.84. The fourth-order valence-corrected chi connectivity index (χ4v) is 2.56. The summed E-state index contributed by atoms with van der Waals surface area (Å²) in [4.78, 5) is 7.49. The Morgan fingerprint density at radius 2 is 2.17 bits per heavy atom. The third-order valence-corrected chi connectivity index (χ3v) is 3.38. The molecule has 0 amide bonds. The van der Waals surface area contributed by atoms with Crippen LogP contribution in [0, 0.1) is 0 Å². The number of hydrogen-bond acceptors (Lipinski definition) is 1. The number of H-pyrrole nitrogens is 1. The van der Waals surface area contributed by atoms with E-state index in [-0.39, 0.29) is 0 Å². The number of aryl methyl sites for hydroxylation is 1. The van der Waals surface area contributed by atoms with Gasteiger partial charge in [0.25, 0.3) is 0 Å². The van der Waals surface area contributed by atoms with E-state index < -0.39 is 0 Å². The molecule has 2 aromatic heterocycles. The first-order chi connectivity index (χ1) is 8.81. The van der Waals surface area contributed by atoms with E-state index in [1.807, 2.05) is 24.7 Å². The first-order valence-corrected chi connectivity index (χ1v) is 6.46. The van der Waals surface area contributed by atoms with Crippen molar-refractivity contribution in [3.63, 3.8) is 0 Å². The number of rotatable bonds is 3. The summed E-state index contributed by atoms with van der Waals surface area (Å²) >= 11 is 6.23. The van der Waals surface area contributed by atoms with E-state index in [9.17, 15) is 0 Å². The molecule has 18 heavy (non-hydrogen) atoms. The molecule has 1 aromatic carbocycles. The molecule has 4 heteroatoms. The van der Waals surface area contributed by atoms with E-state index in [1.165, 1.54) is 5.39 Å². The number of aromatic nitrogens is 3. The Bertz CT molecular complexity index is 681. The molecular weight excluding hydrogens is 246 g/mol. The first kappa shape index (κ1) is 11.4. The number of imidazole rings is 1. The van der Waals surface area contributed by atoms with Crippen LogP contribution in [0.4, 0.5) is 0 Å². The molecule has 92 valence electrons. The van der Waals surface area contributed by atoms with Crippen molar-refractivity contribution in [2.45, 2.75) is 19.9 Å². The van der Waals surface area contributed by atoms with Crippen LogP contribution in [0.5, 0.6) is 0 Å². The number of para-hydroxylation sites is 1. The van der Waals surface area contributed by atoms with Crippen LogP contribution in [-0.2, 0) is 6.54 Å². The van der Waals surface area contributed by atoms with Crippen LogP contribution >= 0.6 is 11.6 Å². The van der Waals surface area contributed by atoms with E-state index in [0.29, 0.717) is 5.15 Å². The smallest absolute Gasteiger partial charge is 0.155 e. The van der Waals surface area contributed by atoms with E-state index in [0.717, 1.165) is 29.7 Å². The lowest BCUT2D eigenvalue weighted by Gasteiger charge is -2.06. The Hall–Kier alpha value is -1.74. The van der Waals surface area contributed by atoms with Gasteiger partial charge in [0.05, 0.1) is 12.0 Å². The molecule has 0 bridgehead atoms. The van der Waals surface area contributed by atoms with Crippen molar-refractivity contribution >= 4 is 22.5 Å². The lowest BCUT2D eigenvalue weighted by Crippen LogP contribution is -1.97. The van der Waals surface area contributed by atoms with Gasteiger partial charge in [-0.25, -0.2) is 4.98 Å². The zero-order chi connectivity index (χ0) is 12.5. The van der Waals surface area contributed by atoms with Crippen molar-refractivity contribution < 1.29 is 0 Å². The van der Waals surface area contributed by atoms with Gasteiger partial charge in [0.2, 0.25) is 0 Å². The monoisotopic (exact) mass is 259 g/mol. The van der Waals surface area contributed by atoms with Crippen LogP contribution in [0.15, 0.2) is 36.8 Å². The summed E-state index contributed by atoms with van der Waals surface area (Å²) in [7, 11) is 0. The number of aromatic amines is 1. The normalized spacial score (nSPS) is 11.2. The third-order valence-electron chi connectivity index (χ3n) is 3.10. The minimum absolute atomic E-state index is 0.563. The lowest BCUT2D eigenvalue weighted by molar-refractivity contribution is 0.684. The Morgan fingerprint density at radius 3 is 3.00 bits per heavy atom. The number of halogens is 1. The van der Waals surface area contributed by atoms with Crippen LogP contribution in [0.1, 0.15) is 13.3 Å². The number of hydrogen-bond donors (Lipinski definition) is 1. The minimum atomic E-state index is 0.563. The van der Waals surface area contributed by atoms with Crippen molar-refractivity contribution in [2.75, 3.05) is 0 Å². The highest BCUT2D eigenvalue weighted by Crippen LogP contribution is 2.33. The van der Waals surface area contributed by atoms with Gasteiger partial charge in [0.1, 0.15) is 0 Å². The molecule has 0 aliphatic heterocycles. The molecule has 3 aromatic rings. The summed E-state index contributed by atoms with van der Waals surface area (Å²) in [6, 6.07) is 8.22. The van der Waals surface area contributed by atoms with Crippen LogP contribution < -0.4 is 0 Å².